The van der Waals surface area contributed by atoms with Crippen molar-refractivity contribution < 1.29 is 0 Å². The lowest BCUT2D eigenvalue weighted by molar-refractivity contribution is 1.35. The third-order valence-corrected chi connectivity index (χ3v) is 1.30. The number of benzene rings is 1. The average Bonchev–Trinajstić information content (AvgIpc) is 1.95. The summed E-state index contributed by atoms with van der Waals surface area (Å²) in [5, 5.41) is 0. The second-order valence-electron chi connectivity index (χ2n) is 1.95. The lowest BCUT2D eigenvalue weighted by Crippen LogP contribution is -2.09. The number of hydrogen-bond acceptors (Lipinski definition) is 4. The first kappa shape index (κ1) is 6.70. The molecule has 1 aromatic carbocycles. The van der Waals surface area contributed by atoms with E-state index in [0.29, 0.717) is 17.1 Å². The van der Waals surface area contributed by atoms with Crippen LogP contribution in [0.2, 0.25) is 0 Å². The minimum Gasteiger partial charge on any atom is -0.397 e. The van der Waals surface area contributed by atoms with Gasteiger partial charge >= 0.3 is 0 Å². The molecule has 0 saturated carbocycles. The van der Waals surface area contributed by atoms with Crippen LogP contribution in [0.15, 0.2) is 18.2 Å². The number of nitrogen functional groups attached to an aromatic ring is 3. The SMILES string of the molecule is NNc1cccc(N)c1N. The lowest BCUT2D eigenvalue weighted by Gasteiger charge is -2.05. The highest BCUT2D eigenvalue weighted by Gasteiger charge is 1.97. The van der Waals surface area contributed by atoms with Crippen LogP contribution in [0, 0.1) is 0 Å². The molecule has 0 aliphatic rings. The predicted octanol–water partition coefficient (Wildman–Crippen LogP) is 0.137. The van der Waals surface area contributed by atoms with Crippen molar-refractivity contribution in [2.75, 3.05) is 16.9 Å². The van der Waals surface area contributed by atoms with Gasteiger partial charge in [-0.15, -0.1) is 0 Å². The number of hydrazine groups is 1. The normalized spacial score (nSPS) is 9.30. The summed E-state index contributed by atoms with van der Waals surface area (Å²) >= 11 is 0. The summed E-state index contributed by atoms with van der Waals surface area (Å²) in [4.78, 5) is 0. The summed E-state index contributed by atoms with van der Waals surface area (Å²) < 4.78 is 0. The fraction of sp³-hybridized carbons (Fsp3) is 0. The zero-order chi connectivity index (χ0) is 7.56. The van der Waals surface area contributed by atoms with E-state index in [1.807, 2.05) is 0 Å². The summed E-state index contributed by atoms with van der Waals surface area (Å²) in [6.07, 6.45) is 0. The highest BCUT2D eigenvalue weighted by molar-refractivity contribution is 5.78. The molecule has 0 atom stereocenters. The van der Waals surface area contributed by atoms with E-state index in [1.54, 1.807) is 18.2 Å². The molecule has 0 radical (unpaired) electrons. The lowest BCUT2D eigenvalue weighted by atomic mass is 10.2. The first-order valence-corrected chi connectivity index (χ1v) is 2.86. The van der Waals surface area contributed by atoms with Crippen molar-refractivity contribution >= 4 is 17.1 Å². The molecule has 0 amide bonds. The smallest absolute Gasteiger partial charge is 0.0796 e. The van der Waals surface area contributed by atoms with Gasteiger partial charge in [-0.05, 0) is 12.1 Å². The number of para-hydroxylation sites is 1. The van der Waals surface area contributed by atoms with Gasteiger partial charge in [0.25, 0.3) is 0 Å². The Morgan fingerprint density at radius 2 is 1.90 bits per heavy atom. The Kier molecular flexibility index (Phi) is 1.64. The number of rotatable bonds is 1. The molecule has 0 saturated heterocycles. The maximum absolute atomic E-state index is 5.53. The molecule has 0 aliphatic heterocycles. The molecule has 0 bridgehead atoms. The minimum atomic E-state index is 0.491. The Hall–Kier alpha value is -1.42. The van der Waals surface area contributed by atoms with E-state index in [2.05, 4.69) is 5.43 Å². The summed E-state index contributed by atoms with van der Waals surface area (Å²) in [7, 11) is 0. The van der Waals surface area contributed by atoms with E-state index in [1.165, 1.54) is 0 Å². The number of nitrogens with two attached hydrogens (primary N) is 3. The van der Waals surface area contributed by atoms with Gasteiger partial charge in [-0.25, -0.2) is 0 Å². The van der Waals surface area contributed by atoms with Gasteiger partial charge in [0.1, 0.15) is 0 Å². The van der Waals surface area contributed by atoms with Crippen molar-refractivity contribution in [3.8, 4) is 0 Å². The third kappa shape index (κ3) is 0.964. The monoisotopic (exact) mass is 138 g/mol. The molecule has 0 fully saturated rings. The van der Waals surface area contributed by atoms with E-state index in [0.717, 1.165) is 0 Å². The molecule has 1 aromatic rings. The van der Waals surface area contributed by atoms with Crippen molar-refractivity contribution in [2.24, 2.45) is 5.84 Å². The molecular weight excluding hydrogens is 128 g/mol. The van der Waals surface area contributed by atoms with Gasteiger partial charge < -0.3 is 16.9 Å². The highest BCUT2D eigenvalue weighted by atomic mass is 15.2. The van der Waals surface area contributed by atoms with Crippen LogP contribution in [0.3, 0.4) is 0 Å². The van der Waals surface area contributed by atoms with E-state index >= 15 is 0 Å². The molecule has 7 N–H and O–H groups in total. The van der Waals surface area contributed by atoms with Crippen LogP contribution in [0.5, 0.6) is 0 Å². The quantitative estimate of drug-likeness (QED) is 0.252. The van der Waals surface area contributed by atoms with E-state index in [-0.39, 0.29) is 0 Å². The Morgan fingerprint density at radius 1 is 1.20 bits per heavy atom. The Morgan fingerprint density at radius 3 is 2.40 bits per heavy atom. The molecule has 54 valence electrons. The first-order chi connectivity index (χ1) is 4.75. The molecule has 0 aromatic heterocycles. The predicted molar refractivity (Wildman–Crippen MR) is 43.1 cm³/mol. The second-order valence-corrected chi connectivity index (χ2v) is 1.95. The van der Waals surface area contributed by atoms with Gasteiger partial charge in [-0.3, -0.25) is 5.84 Å². The largest absolute Gasteiger partial charge is 0.397 e. The minimum absolute atomic E-state index is 0.491. The topological polar surface area (TPSA) is 90.1 Å². The van der Waals surface area contributed by atoms with Crippen LogP contribution >= 0.6 is 0 Å². The fourth-order valence-corrected chi connectivity index (χ4v) is 0.709. The summed E-state index contributed by atoms with van der Waals surface area (Å²) in [6.45, 7) is 0. The number of anilines is 3. The molecule has 4 heteroatoms. The third-order valence-electron chi connectivity index (χ3n) is 1.30. The average molecular weight is 138 g/mol. The van der Waals surface area contributed by atoms with Crippen molar-refractivity contribution in [2.45, 2.75) is 0 Å². The fourth-order valence-electron chi connectivity index (χ4n) is 0.709. The van der Waals surface area contributed by atoms with Crippen LogP contribution in [-0.2, 0) is 0 Å². The van der Waals surface area contributed by atoms with Gasteiger partial charge in [0, 0.05) is 0 Å². The maximum Gasteiger partial charge on any atom is 0.0796 e. The number of nitrogens with one attached hydrogen (secondary N) is 1. The standard InChI is InChI=1S/C6H10N4/c7-4-2-1-3-5(10-9)6(4)8/h1-3,10H,7-9H2. The van der Waals surface area contributed by atoms with Gasteiger partial charge in [-0.1, -0.05) is 6.07 Å². The molecule has 10 heavy (non-hydrogen) atoms. The van der Waals surface area contributed by atoms with Crippen molar-refractivity contribution in [3.63, 3.8) is 0 Å². The summed E-state index contributed by atoms with van der Waals surface area (Å²) in [5.74, 6) is 5.13. The van der Waals surface area contributed by atoms with Crippen LogP contribution in [0.1, 0.15) is 0 Å². The Labute approximate surface area is 59.0 Å². The van der Waals surface area contributed by atoms with E-state index < -0.39 is 0 Å². The highest BCUT2D eigenvalue weighted by Crippen LogP contribution is 2.22. The Balaban J connectivity index is 3.14. The maximum atomic E-state index is 5.53. The van der Waals surface area contributed by atoms with E-state index in [4.69, 9.17) is 17.3 Å². The van der Waals surface area contributed by atoms with Gasteiger partial charge in [0.05, 0.1) is 17.1 Å². The second kappa shape index (κ2) is 2.45. The van der Waals surface area contributed by atoms with Gasteiger partial charge in [-0.2, -0.15) is 0 Å². The van der Waals surface area contributed by atoms with Crippen LogP contribution in [0.4, 0.5) is 17.1 Å². The van der Waals surface area contributed by atoms with Crippen molar-refractivity contribution in [3.05, 3.63) is 18.2 Å². The van der Waals surface area contributed by atoms with Crippen molar-refractivity contribution in [1.29, 1.82) is 0 Å². The molecule has 0 heterocycles. The van der Waals surface area contributed by atoms with Crippen LogP contribution < -0.4 is 22.7 Å². The van der Waals surface area contributed by atoms with Gasteiger partial charge in [0.2, 0.25) is 0 Å². The van der Waals surface area contributed by atoms with Crippen LogP contribution in [0.25, 0.3) is 0 Å². The zero-order valence-corrected chi connectivity index (χ0v) is 5.46. The van der Waals surface area contributed by atoms with Gasteiger partial charge in [0.15, 0.2) is 0 Å². The summed E-state index contributed by atoms with van der Waals surface area (Å²) in [6, 6.07) is 5.25. The number of hydrogen-bond donors (Lipinski definition) is 4. The Bertz CT molecular complexity index is 233. The molecule has 4 nitrogen and oxygen atoms in total. The molecular formula is C6H10N4. The summed E-state index contributed by atoms with van der Waals surface area (Å²) in [5.41, 5.74) is 15.1. The first-order valence-electron chi connectivity index (χ1n) is 2.86. The van der Waals surface area contributed by atoms with E-state index in [9.17, 15) is 0 Å². The van der Waals surface area contributed by atoms with Crippen LogP contribution in [-0.4, -0.2) is 0 Å². The molecule has 0 aliphatic carbocycles. The zero-order valence-electron chi connectivity index (χ0n) is 5.46. The molecule has 0 spiro atoms. The molecule has 0 unspecified atom stereocenters. The molecule has 1 rings (SSSR count). The van der Waals surface area contributed by atoms with Crippen molar-refractivity contribution in [1.82, 2.24) is 0 Å².